The van der Waals surface area contributed by atoms with Gasteiger partial charge >= 0.3 is 5.97 Å². The molecule has 4 heteroatoms. The van der Waals surface area contributed by atoms with Crippen LogP contribution in [0.2, 0.25) is 0 Å². The molecule has 0 radical (unpaired) electrons. The van der Waals surface area contributed by atoms with Crippen molar-refractivity contribution in [1.82, 2.24) is 0 Å². The van der Waals surface area contributed by atoms with Crippen molar-refractivity contribution < 1.29 is 14.6 Å². The predicted octanol–water partition coefficient (Wildman–Crippen LogP) is 3.65. The summed E-state index contributed by atoms with van der Waals surface area (Å²) in [5, 5.41) is 9.67. The molecule has 0 unspecified atom stereocenters. The average Bonchev–Trinajstić information content (AvgIpc) is 2.36. The number of anilines is 1. The van der Waals surface area contributed by atoms with Crippen molar-refractivity contribution in [3.63, 3.8) is 0 Å². The number of benzene rings is 1. The van der Waals surface area contributed by atoms with Crippen LogP contribution in [-0.2, 0) is 4.79 Å². The van der Waals surface area contributed by atoms with E-state index in [0.717, 1.165) is 17.9 Å². The fourth-order valence-electron chi connectivity index (χ4n) is 3.69. The van der Waals surface area contributed by atoms with Gasteiger partial charge in [-0.3, -0.25) is 0 Å². The minimum atomic E-state index is -0.981. The summed E-state index contributed by atoms with van der Waals surface area (Å²) >= 11 is 0. The molecule has 1 atom stereocenters. The fraction of sp³-hybridized carbons (Fsp3) is 0.588. The normalized spacial score (nSPS) is 20.9. The topological polar surface area (TPSA) is 49.8 Å². The Labute approximate surface area is 126 Å². The molecule has 0 bridgehead atoms. The molecule has 116 valence electrons. The monoisotopic (exact) mass is 291 g/mol. The molecule has 1 N–H and O–H groups in total. The van der Waals surface area contributed by atoms with Crippen molar-refractivity contribution in [1.29, 1.82) is 0 Å². The average molecular weight is 291 g/mol. The van der Waals surface area contributed by atoms with Crippen molar-refractivity contribution in [2.45, 2.75) is 58.0 Å². The number of ether oxygens (including phenoxy) is 1. The first-order chi connectivity index (χ1) is 9.61. The van der Waals surface area contributed by atoms with E-state index in [4.69, 9.17) is 4.74 Å². The molecule has 21 heavy (non-hydrogen) atoms. The van der Waals surface area contributed by atoms with Crippen LogP contribution in [0, 0.1) is 0 Å². The Morgan fingerprint density at radius 3 is 2.57 bits per heavy atom. The molecule has 0 spiro atoms. The molecule has 1 aromatic carbocycles. The molecule has 0 amide bonds. The molecule has 0 fully saturated rings. The van der Waals surface area contributed by atoms with Gasteiger partial charge in [-0.05, 0) is 51.7 Å². The number of aliphatic carboxylic acids is 1. The number of rotatable bonds is 3. The molecule has 0 aromatic heterocycles. The second-order valence-electron chi connectivity index (χ2n) is 7.04. The zero-order valence-corrected chi connectivity index (χ0v) is 13.7. The van der Waals surface area contributed by atoms with Gasteiger partial charge in [0.15, 0.2) is 0 Å². The zero-order valence-electron chi connectivity index (χ0n) is 13.7. The summed E-state index contributed by atoms with van der Waals surface area (Å²) in [7, 11) is 1.63. The number of carboxylic acid groups (broad SMARTS) is 1. The number of methoxy groups -OCH3 is 1. The Morgan fingerprint density at radius 1 is 1.43 bits per heavy atom. The van der Waals surface area contributed by atoms with E-state index in [9.17, 15) is 9.90 Å². The first kappa shape index (κ1) is 15.7. The number of fused-ring (bicyclic) bond motifs is 1. The molecule has 0 aliphatic carbocycles. The van der Waals surface area contributed by atoms with Gasteiger partial charge in [-0.15, -0.1) is 0 Å². The lowest BCUT2D eigenvalue weighted by Crippen LogP contribution is -2.61. The van der Waals surface area contributed by atoms with Gasteiger partial charge in [0.1, 0.15) is 11.3 Å². The SMILES string of the molecule is COc1ccc2c(c1)N(C(C)(C)C(=O)O)C(C)(C)C[C@H]2C. The van der Waals surface area contributed by atoms with Crippen molar-refractivity contribution >= 4 is 11.7 Å². The fourth-order valence-corrected chi connectivity index (χ4v) is 3.69. The summed E-state index contributed by atoms with van der Waals surface area (Å²) in [6.45, 7) is 9.93. The van der Waals surface area contributed by atoms with Crippen LogP contribution in [-0.4, -0.2) is 29.3 Å². The minimum Gasteiger partial charge on any atom is -0.497 e. The van der Waals surface area contributed by atoms with Crippen molar-refractivity contribution in [2.75, 3.05) is 12.0 Å². The lowest BCUT2D eigenvalue weighted by atomic mass is 9.77. The van der Waals surface area contributed by atoms with Gasteiger partial charge in [0.2, 0.25) is 0 Å². The molecule has 4 nitrogen and oxygen atoms in total. The van der Waals surface area contributed by atoms with E-state index in [-0.39, 0.29) is 5.54 Å². The maximum Gasteiger partial charge on any atom is 0.328 e. The van der Waals surface area contributed by atoms with Gasteiger partial charge in [-0.2, -0.15) is 0 Å². The summed E-state index contributed by atoms with van der Waals surface area (Å²) in [5.74, 6) is 0.325. The van der Waals surface area contributed by atoms with Crippen molar-refractivity contribution in [3.8, 4) is 5.75 Å². The quantitative estimate of drug-likeness (QED) is 0.923. The number of carbonyl (C=O) groups is 1. The second kappa shape index (κ2) is 4.93. The molecule has 0 saturated carbocycles. The van der Waals surface area contributed by atoms with Gasteiger partial charge < -0.3 is 14.7 Å². The van der Waals surface area contributed by atoms with E-state index >= 15 is 0 Å². The highest BCUT2D eigenvalue weighted by Gasteiger charge is 2.47. The van der Waals surface area contributed by atoms with Gasteiger partial charge in [0.25, 0.3) is 0 Å². The van der Waals surface area contributed by atoms with Crippen LogP contribution in [0.5, 0.6) is 5.75 Å². The third-order valence-electron chi connectivity index (χ3n) is 4.50. The number of nitrogens with zero attached hydrogens (tertiary/aromatic N) is 1. The Balaban J connectivity index is 2.68. The smallest absolute Gasteiger partial charge is 0.328 e. The first-order valence-electron chi connectivity index (χ1n) is 7.33. The molecule has 1 aliphatic rings. The van der Waals surface area contributed by atoms with E-state index in [2.05, 4.69) is 26.8 Å². The van der Waals surface area contributed by atoms with Crippen LogP contribution in [0.1, 0.15) is 52.5 Å². The number of carboxylic acids is 1. The van der Waals surface area contributed by atoms with Crippen LogP contribution in [0.3, 0.4) is 0 Å². The number of hydrogen-bond donors (Lipinski definition) is 1. The molecule has 2 rings (SSSR count). The maximum absolute atomic E-state index is 11.8. The van der Waals surface area contributed by atoms with E-state index in [1.807, 2.05) is 17.0 Å². The van der Waals surface area contributed by atoms with Gasteiger partial charge in [-0.1, -0.05) is 13.0 Å². The van der Waals surface area contributed by atoms with Crippen LogP contribution >= 0.6 is 0 Å². The summed E-state index contributed by atoms with van der Waals surface area (Å²) < 4.78 is 5.33. The third kappa shape index (κ3) is 2.47. The van der Waals surface area contributed by atoms with Gasteiger partial charge in [0.05, 0.1) is 7.11 Å². The van der Waals surface area contributed by atoms with E-state index in [0.29, 0.717) is 5.92 Å². The highest BCUT2D eigenvalue weighted by molar-refractivity contribution is 5.84. The summed E-state index contributed by atoms with van der Waals surface area (Å²) in [5.41, 5.74) is 0.931. The lowest BCUT2D eigenvalue weighted by molar-refractivity contribution is -0.142. The predicted molar refractivity (Wildman–Crippen MR) is 84.3 cm³/mol. The zero-order chi connectivity index (χ0) is 16.0. The third-order valence-corrected chi connectivity index (χ3v) is 4.50. The van der Waals surface area contributed by atoms with Crippen molar-refractivity contribution in [2.24, 2.45) is 0 Å². The van der Waals surface area contributed by atoms with Crippen LogP contribution in [0.25, 0.3) is 0 Å². The maximum atomic E-state index is 11.8. The van der Waals surface area contributed by atoms with E-state index in [1.165, 1.54) is 5.56 Å². The van der Waals surface area contributed by atoms with Gasteiger partial charge in [0, 0.05) is 17.3 Å². The molecule has 1 aromatic rings. The second-order valence-corrected chi connectivity index (χ2v) is 7.04. The molecule has 1 heterocycles. The standard InChI is InChI=1S/C17H25NO3/c1-11-10-16(2,3)18(17(4,5)15(19)20)14-9-12(21-6)7-8-13(11)14/h7-9,11H,10H2,1-6H3,(H,19,20)/t11-/m1/s1. The Kier molecular flexibility index (Phi) is 3.68. The summed E-state index contributed by atoms with van der Waals surface area (Å²) in [6, 6.07) is 5.95. The summed E-state index contributed by atoms with van der Waals surface area (Å²) in [6.07, 6.45) is 0.920. The Hall–Kier alpha value is -1.71. The highest BCUT2D eigenvalue weighted by atomic mass is 16.5. The van der Waals surface area contributed by atoms with E-state index < -0.39 is 11.5 Å². The largest absolute Gasteiger partial charge is 0.497 e. The van der Waals surface area contributed by atoms with Crippen LogP contribution in [0.15, 0.2) is 18.2 Å². The number of hydrogen-bond acceptors (Lipinski definition) is 3. The Morgan fingerprint density at radius 2 is 2.05 bits per heavy atom. The molecule has 0 saturated heterocycles. The molecular formula is C17H25NO3. The lowest BCUT2D eigenvalue weighted by Gasteiger charge is -2.53. The Bertz CT molecular complexity index is 563. The molecule has 1 aliphatic heterocycles. The minimum absolute atomic E-state index is 0.235. The highest BCUT2D eigenvalue weighted by Crippen LogP contribution is 2.47. The first-order valence-corrected chi connectivity index (χ1v) is 7.33. The van der Waals surface area contributed by atoms with Crippen molar-refractivity contribution in [3.05, 3.63) is 23.8 Å². The van der Waals surface area contributed by atoms with Crippen LogP contribution < -0.4 is 9.64 Å². The van der Waals surface area contributed by atoms with Crippen LogP contribution in [0.4, 0.5) is 5.69 Å². The summed E-state index contributed by atoms with van der Waals surface area (Å²) in [4.78, 5) is 13.8. The van der Waals surface area contributed by atoms with E-state index in [1.54, 1.807) is 21.0 Å². The molecular weight excluding hydrogens is 266 g/mol. The van der Waals surface area contributed by atoms with Gasteiger partial charge in [-0.25, -0.2) is 4.79 Å².